The molecule has 0 radical (unpaired) electrons. The Morgan fingerprint density at radius 3 is 2.72 bits per heavy atom. The van der Waals surface area contributed by atoms with Gasteiger partial charge < -0.3 is 10.2 Å². The largest absolute Gasteiger partial charge is 0.371 e. The van der Waals surface area contributed by atoms with Crippen LogP contribution in [0.3, 0.4) is 0 Å². The van der Waals surface area contributed by atoms with E-state index in [-0.39, 0.29) is 0 Å². The van der Waals surface area contributed by atoms with Gasteiger partial charge >= 0.3 is 0 Å². The third kappa shape index (κ3) is 3.66. The van der Waals surface area contributed by atoms with Crippen molar-refractivity contribution in [2.24, 2.45) is 0 Å². The van der Waals surface area contributed by atoms with Crippen LogP contribution in [0.25, 0.3) is 0 Å². The molecule has 0 spiro atoms. The van der Waals surface area contributed by atoms with Crippen LogP contribution < -0.4 is 10.2 Å². The highest BCUT2D eigenvalue weighted by atomic mass is 32.2. The molecule has 0 aliphatic carbocycles. The number of nitrogens with one attached hydrogen (secondary N) is 1. The molecule has 1 unspecified atom stereocenters. The number of hydrogen-bond donors (Lipinski definition) is 1. The second kappa shape index (κ2) is 7.05. The molecule has 18 heavy (non-hydrogen) atoms. The summed E-state index contributed by atoms with van der Waals surface area (Å²) in [5.41, 5.74) is 2.87. The summed E-state index contributed by atoms with van der Waals surface area (Å²) in [5, 5.41) is 4.25. The van der Waals surface area contributed by atoms with Crippen LogP contribution >= 0.6 is 11.8 Å². The van der Waals surface area contributed by atoms with Crippen molar-refractivity contribution in [3.8, 4) is 0 Å². The minimum Gasteiger partial charge on any atom is -0.371 e. The van der Waals surface area contributed by atoms with Crippen LogP contribution in [0.2, 0.25) is 0 Å². The normalized spacial score (nSPS) is 17.1. The van der Waals surface area contributed by atoms with Crippen molar-refractivity contribution in [1.82, 2.24) is 5.32 Å². The van der Waals surface area contributed by atoms with Gasteiger partial charge in [0.2, 0.25) is 0 Å². The van der Waals surface area contributed by atoms with Gasteiger partial charge in [0, 0.05) is 37.1 Å². The molecule has 1 N–H and O–H groups in total. The number of nitrogens with zero attached hydrogens (tertiary/aromatic N) is 1. The van der Waals surface area contributed by atoms with Crippen molar-refractivity contribution in [1.29, 1.82) is 0 Å². The lowest BCUT2D eigenvalue weighted by atomic mass is 10.1. The fraction of sp³-hybridized carbons (Fsp3) is 0.600. The molecule has 1 atom stereocenters. The molecule has 100 valence electrons. The molecule has 1 saturated heterocycles. The molecule has 0 amide bonds. The lowest BCUT2D eigenvalue weighted by Crippen LogP contribution is -2.25. The Kier molecular flexibility index (Phi) is 5.39. The van der Waals surface area contributed by atoms with Crippen molar-refractivity contribution in [3.63, 3.8) is 0 Å². The van der Waals surface area contributed by atoms with Crippen LogP contribution in [0.4, 0.5) is 5.69 Å². The Labute approximate surface area is 115 Å². The van der Waals surface area contributed by atoms with E-state index in [0.29, 0.717) is 5.25 Å². The van der Waals surface area contributed by atoms with Gasteiger partial charge in [0.15, 0.2) is 0 Å². The Balaban J connectivity index is 1.94. The third-order valence-corrected chi connectivity index (χ3v) is 4.56. The summed E-state index contributed by atoms with van der Waals surface area (Å²) in [7, 11) is 0. The highest BCUT2D eigenvalue weighted by Gasteiger charge is 2.14. The van der Waals surface area contributed by atoms with Crippen LogP contribution in [-0.4, -0.2) is 31.1 Å². The minimum absolute atomic E-state index is 0.684. The average Bonchev–Trinajstić information content (AvgIpc) is 2.93. The predicted octanol–water partition coefficient (Wildman–Crippen LogP) is 3.13. The standard InChI is InChI=1S/C15H24N2S/c1-13(18-2)11-16-12-14-7-3-4-8-15(14)17-9-5-6-10-17/h3-4,7-8,13,16H,5-6,9-12H2,1-2H3. The fourth-order valence-electron chi connectivity index (χ4n) is 2.42. The summed E-state index contributed by atoms with van der Waals surface area (Å²) in [5.74, 6) is 0. The quantitative estimate of drug-likeness (QED) is 0.850. The molecule has 2 nitrogen and oxygen atoms in total. The summed E-state index contributed by atoms with van der Waals surface area (Å²) >= 11 is 1.92. The molecule has 1 aromatic carbocycles. The fourth-order valence-corrected chi connectivity index (χ4v) is 2.70. The molecule has 1 aliphatic rings. The Bertz CT molecular complexity index is 361. The summed E-state index contributed by atoms with van der Waals surface area (Å²) in [6, 6.07) is 8.82. The number of anilines is 1. The maximum absolute atomic E-state index is 3.57. The highest BCUT2D eigenvalue weighted by molar-refractivity contribution is 7.99. The summed E-state index contributed by atoms with van der Waals surface area (Å²) in [6.45, 7) is 6.77. The Hall–Kier alpha value is -0.670. The van der Waals surface area contributed by atoms with Crippen LogP contribution in [0.15, 0.2) is 24.3 Å². The van der Waals surface area contributed by atoms with Gasteiger partial charge in [-0.15, -0.1) is 0 Å². The molecule has 1 aromatic rings. The maximum atomic E-state index is 3.57. The molecule has 2 rings (SSSR count). The summed E-state index contributed by atoms with van der Waals surface area (Å²) in [6.07, 6.45) is 4.85. The van der Waals surface area contributed by atoms with Crippen molar-refractivity contribution >= 4 is 17.4 Å². The minimum atomic E-state index is 0.684. The third-order valence-electron chi connectivity index (χ3n) is 3.59. The van der Waals surface area contributed by atoms with Crippen LogP contribution in [0, 0.1) is 0 Å². The van der Waals surface area contributed by atoms with E-state index < -0.39 is 0 Å². The molecule has 0 saturated carbocycles. The first-order valence-electron chi connectivity index (χ1n) is 6.87. The number of para-hydroxylation sites is 1. The van der Waals surface area contributed by atoms with Gasteiger partial charge in [-0.1, -0.05) is 25.1 Å². The van der Waals surface area contributed by atoms with E-state index in [4.69, 9.17) is 0 Å². The monoisotopic (exact) mass is 264 g/mol. The second-order valence-electron chi connectivity index (χ2n) is 5.00. The Morgan fingerprint density at radius 2 is 2.00 bits per heavy atom. The van der Waals surface area contributed by atoms with Gasteiger partial charge in [-0.05, 0) is 30.7 Å². The molecule has 0 aromatic heterocycles. The van der Waals surface area contributed by atoms with E-state index in [1.54, 1.807) is 0 Å². The first kappa shape index (κ1) is 13.8. The van der Waals surface area contributed by atoms with Gasteiger partial charge in [0.05, 0.1) is 0 Å². The van der Waals surface area contributed by atoms with Crippen molar-refractivity contribution in [2.75, 3.05) is 30.8 Å². The van der Waals surface area contributed by atoms with E-state index in [1.807, 2.05) is 11.8 Å². The number of benzene rings is 1. The van der Waals surface area contributed by atoms with Gasteiger partial charge in [-0.2, -0.15) is 11.8 Å². The summed E-state index contributed by atoms with van der Waals surface area (Å²) in [4.78, 5) is 2.52. The number of rotatable bonds is 6. The van der Waals surface area contributed by atoms with Crippen molar-refractivity contribution in [2.45, 2.75) is 31.6 Å². The van der Waals surface area contributed by atoms with E-state index in [0.717, 1.165) is 13.1 Å². The predicted molar refractivity (Wildman–Crippen MR) is 82.6 cm³/mol. The number of thioether (sulfide) groups is 1. The molecule has 3 heteroatoms. The van der Waals surface area contributed by atoms with Gasteiger partial charge in [-0.25, -0.2) is 0 Å². The highest BCUT2D eigenvalue weighted by Crippen LogP contribution is 2.24. The average molecular weight is 264 g/mol. The zero-order valence-electron chi connectivity index (χ0n) is 11.5. The molecule has 1 fully saturated rings. The van der Waals surface area contributed by atoms with E-state index in [2.05, 4.69) is 47.7 Å². The van der Waals surface area contributed by atoms with Crippen LogP contribution in [-0.2, 0) is 6.54 Å². The van der Waals surface area contributed by atoms with Gasteiger partial charge in [-0.3, -0.25) is 0 Å². The number of hydrogen-bond acceptors (Lipinski definition) is 3. The van der Waals surface area contributed by atoms with E-state index >= 15 is 0 Å². The lowest BCUT2D eigenvalue weighted by molar-refractivity contribution is 0.683. The zero-order valence-corrected chi connectivity index (χ0v) is 12.3. The SMILES string of the molecule is CSC(C)CNCc1ccccc1N1CCCC1. The Morgan fingerprint density at radius 1 is 1.28 bits per heavy atom. The van der Waals surface area contributed by atoms with Gasteiger partial charge in [0.1, 0.15) is 0 Å². The molecular formula is C15H24N2S. The van der Waals surface area contributed by atoms with Crippen LogP contribution in [0.5, 0.6) is 0 Å². The van der Waals surface area contributed by atoms with E-state index in [1.165, 1.54) is 37.2 Å². The first-order valence-corrected chi connectivity index (χ1v) is 8.16. The van der Waals surface area contributed by atoms with Crippen molar-refractivity contribution < 1.29 is 0 Å². The summed E-state index contributed by atoms with van der Waals surface area (Å²) < 4.78 is 0. The molecule has 1 aliphatic heterocycles. The smallest absolute Gasteiger partial charge is 0.0411 e. The zero-order chi connectivity index (χ0) is 12.8. The van der Waals surface area contributed by atoms with Crippen LogP contribution in [0.1, 0.15) is 25.3 Å². The molecule has 0 bridgehead atoms. The molecular weight excluding hydrogens is 240 g/mol. The lowest BCUT2D eigenvalue weighted by Gasteiger charge is -2.22. The maximum Gasteiger partial charge on any atom is 0.0411 e. The molecule has 1 heterocycles. The second-order valence-corrected chi connectivity index (χ2v) is 6.28. The van der Waals surface area contributed by atoms with Gasteiger partial charge in [0.25, 0.3) is 0 Å². The topological polar surface area (TPSA) is 15.3 Å². The first-order chi connectivity index (χ1) is 8.81. The van der Waals surface area contributed by atoms with E-state index in [9.17, 15) is 0 Å². The van der Waals surface area contributed by atoms with Crippen molar-refractivity contribution in [3.05, 3.63) is 29.8 Å².